The van der Waals surface area contributed by atoms with Crippen molar-refractivity contribution in [1.29, 1.82) is 5.26 Å². The Bertz CT molecular complexity index is 832. The first-order valence-corrected chi connectivity index (χ1v) is 7.82. The van der Waals surface area contributed by atoms with Gasteiger partial charge in [0.15, 0.2) is 0 Å². The molecule has 3 rings (SSSR count). The van der Waals surface area contributed by atoms with Crippen LogP contribution in [0.4, 0.5) is 15.8 Å². The third-order valence-electron chi connectivity index (χ3n) is 4.14. The molecule has 0 N–H and O–H groups in total. The standard InChI is InChI=1S/C18H16FN3O3/c1-12-10-21(11-18(25-12)14-3-5-15(19)6-4-14)16-7-2-13(9-20)8-17(16)22(23)24/h2-8,12,18H,10-11H2,1H3. The predicted octanol–water partition coefficient (Wildman–Crippen LogP) is 3.57. The number of halogens is 1. The molecule has 2 aromatic rings. The molecule has 0 saturated carbocycles. The van der Waals surface area contributed by atoms with Crippen LogP contribution < -0.4 is 4.90 Å². The highest BCUT2D eigenvalue weighted by Crippen LogP contribution is 2.34. The minimum Gasteiger partial charge on any atom is -0.367 e. The van der Waals surface area contributed by atoms with Gasteiger partial charge in [0.2, 0.25) is 0 Å². The number of nitriles is 1. The van der Waals surface area contributed by atoms with E-state index >= 15 is 0 Å². The fourth-order valence-electron chi connectivity index (χ4n) is 3.02. The minimum absolute atomic E-state index is 0.106. The van der Waals surface area contributed by atoms with E-state index in [1.54, 1.807) is 24.3 Å². The van der Waals surface area contributed by atoms with Gasteiger partial charge in [-0.1, -0.05) is 12.1 Å². The summed E-state index contributed by atoms with van der Waals surface area (Å²) in [7, 11) is 0. The van der Waals surface area contributed by atoms with Crippen LogP contribution in [0.3, 0.4) is 0 Å². The molecule has 25 heavy (non-hydrogen) atoms. The van der Waals surface area contributed by atoms with Crippen molar-refractivity contribution in [3.8, 4) is 6.07 Å². The highest BCUT2D eigenvalue weighted by Gasteiger charge is 2.30. The highest BCUT2D eigenvalue weighted by atomic mass is 19.1. The number of rotatable bonds is 3. The summed E-state index contributed by atoms with van der Waals surface area (Å²) >= 11 is 0. The summed E-state index contributed by atoms with van der Waals surface area (Å²) in [6, 6.07) is 12.4. The number of nitro groups is 1. The lowest BCUT2D eigenvalue weighted by molar-refractivity contribution is -0.384. The lowest BCUT2D eigenvalue weighted by atomic mass is 10.0. The molecule has 1 heterocycles. The Balaban J connectivity index is 1.93. The van der Waals surface area contributed by atoms with Crippen LogP contribution >= 0.6 is 0 Å². The molecule has 1 aliphatic heterocycles. The lowest BCUT2D eigenvalue weighted by Crippen LogP contribution is -2.43. The molecular formula is C18H16FN3O3. The second-order valence-corrected chi connectivity index (χ2v) is 5.96. The van der Waals surface area contributed by atoms with Crippen LogP contribution in [0, 0.1) is 27.3 Å². The molecule has 2 aromatic carbocycles. The number of ether oxygens (including phenoxy) is 1. The van der Waals surface area contributed by atoms with Gasteiger partial charge in [-0.25, -0.2) is 4.39 Å². The summed E-state index contributed by atoms with van der Waals surface area (Å²) in [6.45, 7) is 2.78. The molecule has 0 bridgehead atoms. The van der Waals surface area contributed by atoms with Gasteiger partial charge in [-0.2, -0.15) is 5.26 Å². The fourth-order valence-corrected chi connectivity index (χ4v) is 3.02. The largest absolute Gasteiger partial charge is 0.367 e. The molecule has 0 aromatic heterocycles. The van der Waals surface area contributed by atoms with E-state index in [0.717, 1.165) is 5.56 Å². The molecule has 0 aliphatic carbocycles. The molecule has 0 radical (unpaired) electrons. The van der Waals surface area contributed by atoms with Gasteiger partial charge < -0.3 is 9.64 Å². The van der Waals surface area contributed by atoms with Crippen LogP contribution in [0.1, 0.15) is 24.2 Å². The van der Waals surface area contributed by atoms with Gasteiger partial charge in [0, 0.05) is 19.2 Å². The Morgan fingerprint density at radius 3 is 2.64 bits per heavy atom. The second kappa shape index (κ2) is 6.87. The minimum atomic E-state index is -0.483. The maximum absolute atomic E-state index is 13.1. The molecule has 6 nitrogen and oxygen atoms in total. The maximum atomic E-state index is 13.1. The van der Waals surface area contributed by atoms with Crippen molar-refractivity contribution in [3.63, 3.8) is 0 Å². The van der Waals surface area contributed by atoms with Crippen molar-refractivity contribution in [2.75, 3.05) is 18.0 Å². The Kier molecular flexibility index (Phi) is 4.63. The quantitative estimate of drug-likeness (QED) is 0.630. The van der Waals surface area contributed by atoms with Crippen LogP contribution in [0.15, 0.2) is 42.5 Å². The van der Waals surface area contributed by atoms with Crippen molar-refractivity contribution >= 4 is 11.4 Å². The van der Waals surface area contributed by atoms with E-state index in [9.17, 15) is 14.5 Å². The van der Waals surface area contributed by atoms with Gasteiger partial charge >= 0.3 is 0 Å². The molecule has 128 valence electrons. The molecule has 0 spiro atoms. The summed E-state index contributed by atoms with van der Waals surface area (Å²) in [5.74, 6) is -0.327. The average molecular weight is 341 g/mol. The number of hydrogen-bond acceptors (Lipinski definition) is 5. The van der Waals surface area contributed by atoms with Crippen LogP contribution in [-0.2, 0) is 4.74 Å². The van der Waals surface area contributed by atoms with Gasteiger partial charge in [0.1, 0.15) is 17.6 Å². The molecule has 0 amide bonds. The van der Waals surface area contributed by atoms with Gasteiger partial charge in [-0.15, -0.1) is 0 Å². The zero-order chi connectivity index (χ0) is 18.0. The van der Waals surface area contributed by atoms with E-state index in [4.69, 9.17) is 10.00 Å². The fraction of sp³-hybridized carbons (Fsp3) is 0.278. The summed E-state index contributed by atoms with van der Waals surface area (Å²) < 4.78 is 19.1. The first kappa shape index (κ1) is 16.9. The average Bonchev–Trinajstić information content (AvgIpc) is 2.61. The normalized spacial score (nSPS) is 20.1. The maximum Gasteiger partial charge on any atom is 0.293 e. The topological polar surface area (TPSA) is 79.4 Å². The van der Waals surface area contributed by atoms with Gasteiger partial charge in [-0.05, 0) is 36.8 Å². The van der Waals surface area contributed by atoms with Gasteiger partial charge in [0.05, 0.1) is 22.7 Å². The number of hydrogen-bond donors (Lipinski definition) is 0. The van der Waals surface area contributed by atoms with Crippen LogP contribution in [-0.4, -0.2) is 24.1 Å². The van der Waals surface area contributed by atoms with Crippen LogP contribution in [0.25, 0.3) is 0 Å². The number of nitro benzene ring substituents is 1. The zero-order valence-electron chi connectivity index (χ0n) is 13.6. The Morgan fingerprint density at radius 2 is 2.00 bits per heavy atom. The molecule has 2 atom stereocenters. The summed E-state index contributed by atoms with van der Waals surface area (Å²) in [6.07, 6.45) is -0.473. The summed E-state index contributed by atoms with van der Waals surface area (Å²) in [4.78, 5) is 12.8. The SMILES string of the molecule is CC1CN(c2ccc(C#N)cc2[N+](=O)[O-])CC(c2ccc(F)cc2)O1. The second-order valence-electron chi connectivity index (χ2n) is 5.96. The van der Waals surface area contributed by atoms with Crippen molar-refractivity contribution < 1.29 is 14.1 Å². The van der Waals surface area contributed by atoms with E-state index in [1.807, 2.05) is 17.9 Å². The van der Waals surface area contributed by atoms with Crippen LogP contribution in [0.5, 0.6) is 0 Å². The van der Waals surface area contributed by atoms with E-state index in [1.165, 1.54) is 18.2 Å². The number of nitrogens with zero attached hydrogens (tertiary/aromatic N) is 3. The molecular weight excluding hydrogens is 325 g/mol. The third kappa shape index (κ3) is 3.59. The van der Waals surface area contributed by atoms with Crippen molar-refractivity contribution in [3.05, 3.63) is 69.5 Å². The van der Waals surface area contributed by atoms with E-state index < -0.39 is 4.92 Å². The Labute approximate surface area is 144 Å². The van der Waals surface area contributed by atoms with Crippen LogP contribution in [0.2, 0.25) is 0 Å². The molecule has 1 fully saturated rings. The molecule has 1 saturated heterocycles. The number of anilines is 1. The number of morpholine rings is 1. The molecule has 2 unspecified atom stereocenters. The van der Waals surface area contributed by atoms with Gasteiger partial charge in [0.25, 0.3) is 5.69 Å². The molecule has 1 aliphatic rings. The summed E-state index contributed by atoms with van der Waals surface area (Å²) in [5, 5.41) is 20.4. The number of benzene rings is 2. The highest BCUT2D eigenvalue weighted by molar-refractivity contribution is 5.66. The van der Waals surface area contributed by atoms with E-state index in [-0.39, 0.29) is 29.3 Å². The van der Waals surface area contributed by atoms with Gasteiger partial charge in [-0.3, -0.25) is 10.1 Å². The monoisotopic (exact) mass is 341 g/mol. The Morgan fingerprint density at radius 1 is 1.28 bits per heavy atom. The Hall–Kier alpha value is -2.98. The van der Waals surface area contributed by atoms with Crippen molar-refractivity contribution in [1.82, 2.24) is 0 Å². The van der Waals surface area contributed by atoms with Crippen molar-refractivity contribution in [2.24, 2.45) is 0 Å². The van der Waals surface area contributed by atoms with Crippen molar-refractivity contribution in [2.45, 2.75) is 19.1 Å². The smallest absolute Gasteiger partial charge is 0.293 e. The predicted molar refractivity (Wildman–Crippen MR) is 89.7 cm³/mol. The third-order valence-corrected chi connectivity index (χ3v) is 4.14. The van der Waals surface area contributed by atoms with E-state index in [0.29, 0.717) is 18.8 Å². The summed E-state index contributed by atoms with van der Waals surface area (Å²) in [5.41, 5.74) is 1.40. The van der Waals surface area contributed by atoms with E-state index in [2.05, 4.69) is 0 Å². The first-order chi connectivity index (χ1) is 12.0. The lowest BCUT2D eigenvalue weighted by Gasteiger charge is -2.38. The first-order valence-electron chi connectivity index (χ1n) is 7.82. The molecule has 7 heteroatoms. The zero-order valence-corrected chi connectivity index (χ0v) is 13.6.